The number of hydrogen-bond acceptors (Lipinski definition) is 2. The Balaban J connectivity index is 2.07. The molecule has 0 saturated heterocycles. The fraction of sp³-hybridized carbons (Fsp3) is 0.125. The number of nitrogens with one attached hydrogen (secondary N) is 1. The average Bonchev–Trinajstić information content (AvgIpc) is 2.73. The van der Waals surface area contributed by atoms with Crippen molar-refractivity contribution in [2.75, 3.05) is 0 Å². The zero-order chi connectivity index (χ0) is 15.0. The number of nitrogens with zero attached hydrogens (tertiary/aromatic N) is 2. The van der Waals surface area contributed by atoms with Gasteiger partial charge in [0.05, 0.1) is 23.1 Å². The van der Waals surface area contributed by atoms with Crippen LogP contribution in [-0.2, 0) is 13.6 Å². The summed E-state index contributed by atoms with van der Waals surface area (Å²) >= 11 is 0. The maximum Gasteiger partial charge on any atom is 0.203 e. The maximum atomic E-state index is 13.7. The number of ketones is 1. The van der Waals surface area contributed by atoms with Gasteiger partial charge in [-0.25, -0.2) is 4.39 Å². The first-order valence-electron chi connectivity index (χ1n) is 6.56. The highest BCUT2D eigenvalue weighted by atomic mass is 19.1. The van der Waals surface area contributed by atoms with Gasteiger partial charge in [-0.1, -0.05) is 24.3 Å². The molecule has 1 N–H and O–H groups in total. The van der Waals surface area contributed by atoms with Crippen molar-refractivity contribution in [3.05, 3.63) is 65.5 Å². The SMILES string of the molecule is Cn1c(=N)n(CC(=O)c2ccccc2F)c2ccccc21. The van der Waals surface area contributed by atoms with Gasteiger partial charge < -0.3 is 9.13 Å². The molecule has 0 unspecified atom stereocenters. The van der Waals surface area contributed by atoms with E-state index in [-0.39, 0.29) is 23.5 Å². The Hall–Kier alpha value is -2.69. The third-order valence-corrected chi connectivity index (χ3v) is 3.58. The molecule has 0 radical (unpaired) electrons. The molecule has 0 atom stereocenters. The largest absolute Gasteiger partial charge is 0.313 e. The molecule has 1 heterocycles. The number of para-hydroxylation sites is 2. The summed E-state index contributed by atoms with van der Waals surface area (Å²) in [6.07, 6.45) is 0. The lowest BCUT2D eigenvalue weighted by Crippen LogP contribution is -2.26. The maximum absolute atomic E-state index is 13.7. The predicted molar refractivity (Wildman–Crippen MR) is 77.5 cm³/mol. The van der Waals surface area contributed by atoms with Crippen molar-refractivity contribution in [2.45, 2.75) is 6.54 Å². The fourth-order valence-corrected chi connectivity index (χ4v) is 2.46. The molecule has 0 aliphatic carbocycles. The number of hydrogen-bond donors (Lipinski definition) is 1. The van der Waals surface area contributed by atoms with Crippen LogP contribution in [0.1, 0.15) is 10.4 Å². The number of aromatic nitrogens is 2. The van der Waals surface area contributed by atoms with Crippen LogP contribution in [0, 0.1) is 11.2 Å². The molecule has 0 fully saturated rings. The van der Waals surface area contributed by atoms with Gasteiger partial charge in [-0.3, -0.25) is 10.2 Å². The van der Waals surface area contributed by atoms with Gasteiger partial charge in [-0.05, 0) is 24.3 Å². The Bertz CT molecular complexity index is 892. The van der Waals surface area contributed by atoms with Crippen LogP contribution < -0.4 is 5.62 Å². The lowest BCUT2D eigenvalue weighted by Gasteiger charge is -2.05. The number of benzene rings is 2. The summed E-state index contributed by atoms with van der Waals surface area (Å²) in [5.41, 5.74) is 1.91. The number of imidazole rings is 1. The predicted octanol–water partition coefficient (Wildman–Crippen LogP) is 2.48. The fourth-order valence-electron chi connectivity index (χ4n) is 2.46. The Labute approximate surface area is 120 Å². The van der Waals surface area contributed by atoms with E-state index in [4.69, 9.17) is 5.41 Å². The summed E-state index contributed by atoms with van der Waals surface area (Å²) in [6.45, 7) is -0.0544. The highest BCUT2D eigenvalue weighted by molar-refractivity contribution is 5.96. The molecule has 21 heavy (non-hydrogen) atoms. The lowest BCUT2D eigenvalue weighted by atomic mass is 10.1. The van der Waals surface area contributed by atoms with Crippen LogP contribution in [0.15, 0.2) is 48.5 Å². The summed E-state index contributed by atoms with van der Waals surface area (Å²) < 4.78 is 17.0. The average molecular weight is 283 g/mol. The van der Waals surface area contributed by atoms with Crippen LogP contribution in [0.25, 0.3) is 11.0 Å². The Morgan fingerprint density at radius 1 is 1.10 bits per heavy atom. The van der Waals surface area contributed by atoms with Crippen molar-refractivity contribution in [3.8, 4) is 0 Å². The van der Waals surface area contributed by atoms with Crippen molar-refractivity contribution < 1.29 is 9.18 Å². The van der Waals surface area contributed by atoms with Crippen molar-refractivity contribution in [2.24, 2.45) is 7.05 Å². The molecule has 0 aliphatic rings. The van der Waals surface area contributed by atoms with E-state index in [1.54, 1.807) is 28.3 Å². The molecule has 0 saturated carbocycles. The smallest absolute Gasteiger partial charge is 0.203 e. The second-order valence-corrected chi connectivity index (χ2v) is 4.86. The summed E-state index contributed by atoms with van der Waals surface area (Å²) in [5, 5.41) is 8.11. The molecular weight excluding hydrogens is 269 g/mol. The van der Waals surface area contributed by atoms with Gasteiger partial charge in [-0.15, -0.1) is 0 Å². The van der Waals surface area contributed by atoms with Gasteiger partial charge in [0.15, 0.2) is 5.78 Å². The molecule has 3 rings (SSSR count). The topological polar surface area (TPSA) is 50.8 Å². The molecule has 4 nitrogen and oxygen atoms in total. The molecular formula is C16H14FN3O. The van der Waals surface area contributed by atoms with Crippen molar-refractivity contribution in [1.29, 1.82) is 5.41 Å². The number of aryl methyl sites for hydroxylation is 1. The zero-order valence-corrected chi connectivity index (χ0v) is 11.5. The molecule has 0 aliphatic heterocycles. The van der Waals surface area contributed by atoms with E-state index in [9.17, 15) is 9.18 Å². The molecule has 0 amide bonds. The van der Waals surface area contributed by atoms with Crippen molar-refractivity contribution in [1.82, 2.24) is 9.13 Å². The number of carbonyl (C=O) groups is 1. The number of halogens is 1. The summed E-state index contributed by atoms with van der Waals surface area (Å²) in [5.74, 6) is -0.877. The minimum absolute atomic E-state index is 0.0531. The quantitative estimate of drug-likeness (QED) is 0.738. The molecule has 2 aromatic carbocycles. The van der Waals surface area contributed by atoms with E-state index in [0.717, 1.165) is 11.0 Å². The second kappa shape index (κ2) is 5.01. The monoisotopic (exact) mass is 283 g/mol. The molecule has 0 bridgehead atoms. The first kappa shape index (κ1) is 13.3. The number of Topliss-reactive ketones (excluding diaryl/α,β-unsaturated/α-hetero) is 1. The van der Waals surface area contributed by atoms with Crippen LogP contribution in [-0.4, -0.2) is 14.9 Å². The number of fused-ring (bicyclic) bond motifs is 1. The Morgan fingerprint density at radius 2 is 1.71 bits per heavy atom. The van der Waals surface area contributed by atoms with Crippen molar-refractivity contribution in [3.63, 3.8) is 0 Å². The Kier molecular flexibility index (Phi) is 3.17. The Morgan fingerprint density at radius 3 is 2.43 bits per heavy atom. The minimum Gasteiger partial charge on any atom is -0.313 e. The van der Waals surface area contributed by atoms with Crippen molar-refractivity contribution >= 4 is 16.8 Å². The van der Waals surface area contributed by atoms with Crippen LogP contribution in [0.5, 0.6) is 0 Å². The molecule has 5 heteroatoms. The van der Waals surface area contributed by atoms with E-state index in [2.05, 4.69) is 0 Å². The normalized spacial score (nSPS) is 11.0. The first-order valence-corrected chi connectivity index (χ1v) is 6.56. The van der Waals surface area contributed by atoms with E-state index >= 15 is 0 Å². The van der Waals surface area contributed by atoms with Gasteiger partial charge >= 0.3 is 0 Å². The highest BCUT2D eigenvalue weighted by Gasteiger charge is 2.15. The van der Waals surface area contributed by atoms with Crippen LogP contribution in [0.3, 0.4) is 0 Å². The van der Waals surface area contributed by atoms with E-state index in [1.807, 2.05) is 24.3 Å². The minimum atomic E-state index is -0.533. The first-order chi connectivity index (χ1) is 10.1. The third kappa shape index (κ3) is 2.16. The summed E-state index contributed by atoms with van der Waals surface area (Å²) in [7, 11) is 1.77. The number of rotatable bonds is 3. The van der Waals surface area contributed by atoms with E-state index in [1.165, 1.54) is 12.1 Å². The van der Waals surface area contributed by atoms with Gasteiger partial charge in [0.2, 0.25) is 5.62 Å². The molecule has 106 valence electrons. The van der Waals surface area contributed by atoms with Gasteiger partial charge in [0, 0.05) is 7.05 Å². The van der Waals surface area contributed by atoms with Crippen LogP contribution in [0.2, 0.25) is 0 Å². The van der Waals surface area contributed by atoms with Gasteiger partial charge in [0.25, 0.3) is 0 Å². The zero-order valence-electron chi connectivity index (χ0n) is 11.5. The van der Waals surface area contributed by atoms with Crippen LogP contribution in [0.4, 0.5) is 4.39 Å². The second-order valence-electron chi connectivity index (χ2n) is 4.86. The van der Waals surface area contributed by atoms with Gasteiger partial charge in [-0.2, -0.15) is 0 Å². The summed E-state index contributed by atoms with van der Waals surface area (Å²) in [4.78, 5) is 12.3. The van der Waals surface area contributed by atoms with E-state index < -0.39 is 5.82 Å². The van der Waals surface area contributed by atoms with Gasteiger partial charge in [0.1, 0.15) is 5.82 Å². The third-order valence-electron chi connectivity index (χ3n) is 3.58. The molecule has 0 spiro atoms. The lowest BCUT2D eigenvalue weighted by molar-refractivity contribution is 0.0967. The standard InChI is InChI=1S/C16H14FN3O/c1-19-13-8-4-5-9-14(13)20(16(19)18)10-15(21)11-6-2-3-7-12(11)17/h2-9,18H,10H2,1H3. The van der Waals surface area contributed by atoms with E-state index in [0.29, 0.717) is 0 Å². The highest BCUT2D eigenvalue weighted by Crippen LogP contribution is 2.13. The molecule has 3 aromatic rings. The number of carbonyl (C=O) groups excluding carboxylic acids is 1. The van der Waals surface area contributed by atoms with Crippen LogP contribution >= 0.6 is 0 Å². The summed E-state index contributed by atoms with van der Waals surface area (Å²) in [6, 6.07) is 13.4. The molecule has 1 aromatic heterocycles.